The molecule has 2 aromatic rings. The predicted molar refractivity (Wildman–Crippen MR) is 111 cm³/mol. The smallest absolute Gasteiger partial charge is 0.335 e. The van der Waals surface area contributed by atoms with Gasteiger partial charge in [0.1, 0.15) is 0 Å². The van der Waals surface area contributed by atoms with Crippen LogP contribution in [0.4, 0.5) is 5.69 Å². The quantitative estimate of drug-likeness (QED) is 0.723. The van der Waals surface area contributed by atoms with E-state index >= 15 is 0 Å². The van der Waals surface area contributed by atoms with Crippen molar-refractivity contribution in [3.63, 3.8) is 0 Å². The number of ether oxygens (including phenoxy) is 2. The van der Waals surface area contributed by atoms with E-state index in [-0.39, 0.29) is 18.3 Å². The fourth-order valence-electron chi connectivity index (χ4n) is 2.84. The molecule has 0 atom stereocenters. The number of amides is 1. The van der Waals surface area contributed by atoms with Crippen LogP contribution in [0, 0.1) is 0 Å². The van der Waals surface area contributed by atoms with Crippen LogP contribution in [0.5, 0.6) is 11.5 Å². The molecule has 0 unspecified atom stereocenters. The average molecular weight is 431 g/mol. The number of benzene rings is 2. The first-order valence-corrected chi connectivity index (χ1v) is 9.88. The third-order valence-corrected chi connectivity index (χ3v) is 5.66. The minimum atomic E-state index is -1.00. The van der Waals surface area contributed by atoms with Crippen molar-refractivity contribution in [1.82, 2.24) is 4.90 Å². The Bertz CT molecular complexity index is 1070. The summed E-state index contributed by atoms with van der Waals surface area (Å²) < 4.78 is 10.7. The zero-order valence-corrected chi connectivity index (χ0v) is 16.8. The minimum absolute atomic E-state index is 0.139. The Morgan fingerprint density at radius 2 is 1.97 bits per heavy atom. The lowest BCUT2D eigenvalue weighted by atomic mass is 10.2. The van der Waals surface area contributed by atoms with Gasteiger partial charge in [-0.25, -0.2) is 9.79 Å². The second-order valence-corrected chi connectivity index (χ2v) is 7.55. The maximum absolute atomic E-state index is 12.8. The van der Waals surface area contributed by atoms with E-state index < -0.39 is 5.97 Å². The second-order valence-electron chi connectivity index (χ2n) is 6.13. The molecule has 1 fully saturated rings. The van der Waals surface area contributed by atoms with Gasteiger partial charge < -0.3 is 14.6 Å². The van der Waals surface area contributed by atoms with Gasteiger partial charge in [-0.3, -0.25) is 9.69 Å². The Morgan fingerprint density at radius 1 is 1.28 bits per heavy atom. The number of nitrogens with zero attached hydrogens (tertiary/aromatic N) is 2. The van der Waals surface area contributed by atoms with Crippen LogP contribution >= 0.6 is 23.4 Å². The van der Waals surface area contributed by atoms with E-state index in [1.807, 2.05) is 6.92 Å². The molecule has 0 radical (unpaired) electrons. The van der Waals surface area contributed by atoms with Crippen LogP contribution in [-0.4, -0.2) is 40.4 Å². The molecule has 0 aliphatic carbocycles. The number of rotatable bonds is 4. The van der Waals surface area contributed by atoms with Gasteiger partial charge in [-0.1, -0.05) is 11.6 Å². The van der Waals surface area contributed by atoms with Gasteiger partial charge in [-0.2, -0.15) is 0 Å². The molecule has 0 saturated carbocycles. The molecule has 1 amide bonds. The van der Waals surface area contributed by atoms with Crippen LogP contribution in [0.2, 0.25) is 5.02 Å². The fraction of sp³-hybridized carbons (Fsp3) is 0.150. The van der Waals surface area contributed by atoms with Crippen molar-refractivity contribution in [1.29, 1.82) is 0 Å². The van der Waals surface area contributed by atoms with E-state index in [2.05, 4.69) is 4.99 Å². The Kier molecular flexibility index (Phi) is 5.21. The number of hydrogen-bond donors (Lipinski definition) is 1. The number of likely N-dealkylation sites (N-methyl/N-ethyl adjacent to an activating group) is 1. The van der Waals surface area contributed by atoms with Gasteiger partial charge in [-0.15, -0.1) is 0 Å². The van der Waals surface area contributed by atoms with E-state index in [4.69, 9.17) is 26.2 Å². The molecule has 0 spiro atoms. The molecule has 0 bridgehead atoms. The van der Waals surface area contributed by atoms with Crippen molar-refractivity contribution in [3.8, 4) is 11.5 Å². The molecule has 2 heterocycles. The highest BCUT2D eigenvalue weighted by molar-refractivity contribution is 8.18. The van der Waals surface area contributed by atoms with Crippen molar-refractivity contribution in [2.75, 3.05) is 13.3 Å². The fourth-order valence-corrected chi connectivity index (χ4v) is 4.11. The number of aromatic carboxylic acids is 1. The molecule has 4 rings (SSSR count). The van der Waals surface area contributed by atoms with Crippen molar-refractivity contribution >= 4 is 52.2 Å². The normalized spacial score (nSPS) is 18.1. The first kappa shape index (κ1) is 19.4. The summed E-state index contributed by atoms with van der Waals surface area (Å²) in [4.78, 5) is 30.3. The monoisotopic (exact) mass is 430 g/mol. The summed E-state index contributed by atoms with van der Waals surface area (Å²) in [7, 11) is 0. The summed E-state index contributed by atoms with van der Waals surface area (Å²) >= 11 is 7.55. The van der Waals surface area contributed by atoms with Gasteiger partial charge >= 0.3 is 5.97 Å². The largest absolute Gasteiger partial charge is 0.478 e. The number of carbonyl (C=O) groups excluding carboxylic acids is 1. The molecular weight excluding hydrogens is 416 g/mol. The highest BCUT2D eigenvalue weighted by Crippen LogP contribution is 2.40. The van der Waals surface area contributed by atoms with Gasteiger partial charge in [0.2, 0.25) is 6.79 Å². The van der Waals surface area contributed by atoms with E-state index in [0.717, 1.165) is 0 Å². The Balaban J connectivity index is 1.65. The first-order chi connectivity index (χ1) is 14.0. The summed E-state index contributed by atoms with van der Waals surface area (Å²) in [5, 5.41) is 9.97. The number of halogens is 1. The number of aliphatic imine (C=N–C) groups is 1. The summed E-state index contributed by atoms with van der Waals surface area (Å²) in [6.45, 7) is 2.45. The molecule has 7 nitrogen and oxygen atoms in total. The minimum Gasteiger partial charge on any atom is -0.478 e. The number of carboxylic acid groups (broad SMARTS) is 1. The van der Waals surface area contributed by atoms with Crippen molar-refractivity contribution < 1.29 is 24.2 Å². The summed E-state index contributed by atoms with van der Waals surface area (Å²) in [6, 6.07) is 9.56. The first-order valence-electron chi connectivity index (χ1n) is 8.69. The van der Waals surface area contributed by atoms with Crippen molar-refractivity contribution in [2.45, 2.75) is 6.92 Å². The maximum Gasteiger partial charge on any atom is 0.335 e. The van der Waals surface area contributed by atoms with E-state index in [0.29, 0.717) is 44.4 Å². The Morgan fingerprint density at radius 3 is 2.62 bits per heavy atom. The van der Waals surface area contributed by atoms with E-state index in [1.165, 1.54) is 23.9 Å². The second kappa shape index (κ2) is 7.81. The summed E-state index contributed by atoms with van der Waals surface area (Å²) in [5.74, 6) is -0.0241. The highest BCUT2D eigenvalue weighted by Gasteiger charge is 2.32. The third-order valence-electron chi connectivity index (χ3n) is 4.32. The zero-order chi connectivity index (χ0) is 20.5. The molecule has 1 saturated heterocycles. The van der Waals surface area contributed by atoms with Gasteiger partial charge in [0, 0.05) is 12.6 Å². The van der Waals surface area contributed by atoms with Crippen LogP contribution in [0.3, 0.4) is 0 Å². The number of carbonyl (C=O) groups is 2. The van der Waals surface area contributed by atoms with Crippen molar-refractivity contribution in [2.24, 2.45) is 4.99 Å². The molecule has 2 aromatic carbocycles. The van der Waals surface area contributed by atoms with E-state index in [1.54, 1.807) is 35.2 Å². The number of thioether (sulfide) groups is 1. The number of carboxylic acids is 1. The summed E-state index contributed by atoms with van der Waals surface area (Å²) in [5.41, 5.74) is 1.38. The van der Waals surface area contributed by atoms with Gasteiger partial charge in [0.25, 0.3) is 5.91 Å². The lowest BCUT2D eigenvalue weighted by molar-refractivity contribution is -0.122. The van der Waals surface area contributed by atoms with Crippen LogP contribution < -0.4 is 9.47 Å². The van der Waals surface area contributed by atoms with Gasteiger partial charge in [0.15, 0.2) is 16.7 Å². The van der Waals surface area contributed by atoms with E-state index in [9.17, 15) is 9.59 Å². The molecule has 29 heavy (non-hydrogen) atoms. The third kappa shape index (κ3) is 3.81. The molecule has 9 heteroatoms. The van der Waals surface area contributed by atoms with Gasteiger partial charge in [0.05, 0.1) is 21.2 Å². The average Bonchev–Trinajstić information content (AvgIpc) is 3.26. The van der Waals surface area contributed by atoms with Crippen LogP contribution in [0.1, 0.15) is 22.8 Å². The van der Waals surface area contributed by atoms with Crippen LogP contribution in [0.25, 0.3) is 6.08 Å². The molecular formula is C20H15ClN2O5S. The van der Waals surface area contributed by atoms with Crippen LogP contribution in [-0.2, 0) is 4.79 Å². The molecule has 2 aliphatic heterocycles. The summed E-state index contributed by atoms with van der Waals surface area (Å²) in [6.07, 6.45) is 1.70. The van der Waals surface area contributed by atoms with Gasteiger partial charge in [-0.05, 0) is 60.7 Å². The molecule has 1 N–H and O–H groups in total. The topological polar surface area (TPSA) is 88.4 Å². The lowest BCUT2D eigenvalue weighted by Gasteiger charge is -2.12. The SMILES string of the molecule is CCN1C(=O)/C(=C/c2cc3c(cc2Cl)OCO3)SC1=Nc1ccc(C(=O)O)cc1. The standard InChI is InChI=1S/C20H15ClN2O5S/c1-2-23-18(24)17(8-12-7-15-16(9-14(12)21)28-10-27-15)29-20(23)22-13-5-3-11(4-6-13)19(25)26/h3-9H,2,10H2,1H3,(H,25,26)/b17-8-,22-20?. The Labute approximate surface area is 175 Å². The maximum atomic E-state index is 12.8. The number of hydrogen-bond acceptors (Lipinski definition) is 6. The van der Waals surface area contributed by atoms with Crippen molar-refractivity contribution in [3.05, 3.63) is 57.5 Å². The zero-order valence-electron chi connectivity index (χ0n) is 15.2. The number of fused-ring (bicyclic) bond motifs is 1. The highest BCUT2D eigenvalue weighted by atomic mass is 35.5. The Hall–Kier alpha value is -2.97. The lowest BCUT2D eigenvalue weighted by Crippen LogP contribution is -2.28. The molecule has 0 aromatic heterocycles. The predicted octanol–water partition coefficient (Wildman–Crippen LogP) is 4.39. The molecule has 2 aliphatic rings. The van der Waals surface area contributed by atoms with Crippen LogP contribution in [0.15, 0.2) is 46.3 Å². The number of amidine groups is 1. The molecule has 148 valence electrons.